The third-order valence-electron chi connectivity index (χ3n) is 4.54. The predicted octanol–water partition coefficient (Wildman–Crippen LogP) is 4.15. The average Bonchev–Trinajstić information content (AvgIpc) is 3.52. The van der Waals surface area contributed by atoms with Gasteiger partial charge >= 0.3 is 5.97 Å². The maximum absolute atomic E-state index is 12.9. The van der Waals surface area contributed by atoms with E-state index >= 15 is 0 Å². The van der Waals surface area contributed by atoms with E-state index in [9.17, 15) is 9.59 Å². The van der Waals surface area contributed by atoms with Crippen LogP contribution in [-0.4, -0.2) is 24.0 Å². The van der Waals surface area contributed by atoms with Crippen LogP contribution in [-0.2, 0) is 4.74 Å². The molecule has 5 nitrogen and oxygen atoms in total. The summed E-state index contributed by atoms with van der Waals surface area (Å²) in [4.78, 5) is 29.1. The second-order valence-corrected chi connectivity index (χ2v) is 6.41. The molecule has 0 atom stereocenters. The van der Waals surface area contributed by atoms with Crippen LogP contribution in [0.3, 0.4) is 0 Å². The number of para-hydroxylation sites is 1. The number of nitrogens with one attached hydrogen (secondary N) is 1. The summed E-state index contributed by atoms with van der Waals surface area (Å²) < 4.78 is 4.68. The largest absolute Gasteiger partial charge is 0.465 e. The van der Waals surface area contributed by atoms with Gasteiger partial charge in [-0.3, -0.25) is 9.78 Å². The number of methoxy groups -OCH3 is 1. The third kappa shape index (κ3) is 3.16. The number of carbonyl (C=O) groups is 2. The van der Waals surface area contributed by atoms with E-state index in [4.69, 9.17) is 4.98 Å². The number of aromatic nitrogens is 1. The van der Waals surface area contributed by atoms with Gasteiger partial charge in [-0.05, 0) is 49.2 Å². The first-order chi connectivity index (χ1) is 12.7. The van der Waals surface area contributed by atoms with Crippen molar-refractivity contribution in [3.63, 3.8) is 0 Å². The molecule has 0 bridgehead atoms. The van der Waals surface area contributed by atoms with E-state index in [1.807, 2.05) is 30.3 Å². The normalized spacial score (nSPS) is 13.4. The van der Waals surface area contributed by atoms with Gasteiger partial charge < -0.3 is 10.1 Å². The number of anilines is 1. The highest BCUT2D eigenvalue weighted by atomic mass is 16.5. The lowest BCUT2D eigenvalue weighted by Crippen LogP contribution is -2.13. The summed E-state index contributed by atoms with van der Waals surface area (Å²) in [6.07, 6.45) is 2.25. The molecule has 0 saturated heterocycles. The zero-order valence-corrected chi connectivity index (χ0v) is 14.4. The van der Waals surface area contributed by atoms with Gasteiger partial charge in [-0.25, -0.2) is 4.79 Å². The average molecular weight is 346 g/mol. The molecule has 2 aromatic carbocycles. The van der Waals surface area contributed by atoms with E-state index in [0.29, 0.717) is 22.7 Å². The molecule has 1 aliphatic rings. The lowest BCUT2D eigenvalue weighted by atomic mass is 10.1. The molecule has 26 heavy (non-hydrogen) atoms. The molecule has 1 fully saturated rings. The fraction of sp³-hybridized carbons (Fsp3) is 0.190. The Bertz CT molecular complexity index is 992. The molecule has 0 spiro atoms. The molecule has 1 amide bonds. The Balaban J connectivity index is 1.64. The van der Waals surface area contributed by atoms with Gasteiger partial charge in [-0.2, -0.15) is 0 Å². The summed E-state index contributed by atoms with van der Waals surface area (Å²) in [5.41, 5.74) is 3.50. The zero-order chi connectivity index (χ0) is 18.1. The van der Waals surface area contributed by atoms with Crippen LogP contribution in [0.25, 0.3) is 10.9 Å². The Morgan fingerprint density at radius 2 is 1.81 bits per heavy atom. The molecule has 1 saturated carbocycles. The monoisotopic (exact) mass is 346 g/mol. The minimum absolute atomic E-state index is 0.184. The molecule has 5 heteroatoms. The Hall–Kier alpha value is -3.21. The number of hydrogen-bond acceptors (Lipinski definition) is 4. The van der Waals surface area contributed by atoms with E-state index in [1.54, 1.807) is 24.3 Å². The molecule has 1 N–H and O–H groups in total. The second-order valence-electron chi connectivity index (χ2n) is 6.41. The Kier molecular flexibility index (Phi) is 4.13. The van der Waals surface area contributed by atoms with Gasteiger partial charge in [0.1, 0.15) is 0 Å². The van der Waals surface area contributed by atoms with Crippen molar-refractivity contribution in [3.05, 3.63) is 71.4 Å². The van der Waals surface area contributed by atoms with Crippen molar-refractivity contribution in [3.8, 4) is 0 Å². The molecule has 4 rings (SSSR count). The van der Waals surface area contributed by atoms with Crippen LogP contribution in [0.1, 0.15) is 45.2 Å². The van der Waals surface area contributed by atoms with Crippen LogP contribution in [0.2, 0.25) is 0 Å². The summed E-state index contributed by atoms with van der Waals surface area (Å²) >= 11 is 0. The number of fused-ring (bicyclic) bond motifs is 1. The SMILES string of the molecule is COC(=O)c1ccc(NC(=O)c2cc(C3CC3)nc3ccccc23)cc1. The molecular weight excluding hydrogens is 328 g/mol. The predicted molar refractivity (Wildman–Crippen MR) is 99.5 cm³/mol. The van der Waals surface area contributed by atoms with Crippen LogP contribution < -0.4 is 5.32 Å². The van der Waals surface area contributed by atoms with Crippen molar-refractivity contribution < 1.29 is 14.3 Å². The Labute approximate surface area is 151 Å². The van der Waals surface area contributed by atoms with Crippen molar-refractivity contribution in [1.82, 2.24) is 4.98 Å². The summed E-state index contributed by atoms with van der Waals surface area (Å²) in [7, 11) is 1.34. The summed E-state index contributed by atoms with van der Waals surface area (Å²) in [6.45, 7) is 0. The van der Waals surface area contributed by atoms with Crippen molar-refractivity contribution in [1.29, 1.82) is 0 Å². The lowest BCUT2D eigenvalue weighted by Gasteiger charge is -2.10. The fourth-order valence-corrected chi connectivity index (χ4v) is 2.98. The smallest absolute Gasteiger partial charge is 0.337 e. The molecule has 0 aliphatic heterocycles. The van der Waals surface area contributed by atoms with Gasteiger partial charge in [0.2, 0.25) is 0 Å². The first-order valence-electron chi connectivity index (χ1n) is 8.55. The molecular formula is C21H18N2O3. The minimum Gasteiger partial charge on any atom is -0.465 e. The van der Waals surface area contributed by atoms with Crippen molar-refractivity contribution >= 4 is 28.5 Å². The van der Waals surface area contributed by atoms with Crippen LogP contribution in [0, 0.1) is 0 Å². The first-order valence-corrected chi connectivity index (χ1v) is 8.55. The Morgan fingerprint density at radius 3 is 2.50 bits per heavy atom. The highest BCUT2D eigenvalue weighted by Gasteiger charge is 2.27. The molecule has 1 heterocycles. The lowest BCUT2D eigenvalue weighted by molar-refractivity contribution is 0.0600. The maximum atomic E-state index is 12.9. The molecule has 1 aromatic heterocycles. The van der Waals surface area contributed by atoms with Crippen LogP contribution in [0.5, 0.6) is 0 Å². The first kappa shape index (κ1) is 16.3. The highest BCUT2D eigenvalue weighted by Crippen LogP contribution is 2.40. The highest BCUT2D eigenvalue weighted by molar-refractivity contribution is 6.12. The van der Waals surface area contributed by atoms with Crippen molar-refractivity contribution in [2.45, 2.75) is 18.8 Å². The summed E-state index contributed by atoms with van der Waals surface area (Å²) in [5, 5.41) is 3.74. The van der Waals surface area contributed by atoms with Crippen molar-refractivity contribution in [2.24, 2.45) is 0 Å². The number of esters is 1. The molecule has 1 aliphatic carbocycles. The van der Waals surface area contributed by atoms with Gasteiger partial charge in [0.15, 0.2) is 0 Å². The van der Waals surface area contributed by atoms with Gasteiger partial charge in [-0.1, -0.05) is 18.2 Å². The van der Waals surface area contributed by atoms with E-state index in [0.717, 1.165) is 29.4 Å². The maximum Gasteiger partial charge on any atom is 0.337 e. The van der Waals surface area contributed by atoms with E-state index < -0.39 is 5.97 Å². The Morgan fingerprint density at radius 1 is 1.08 bits per heavy atom. The molecule has 130 valence electrons. The standard InChI is InChI=1S/C21H18N2O3/c1-26-21(25)14-8-10-15(11-9-14)22-20(24)17-12-19(13-6-7-13)23-18-5-3-2-4-16(17)18/h2-5,8-13H,6-7H2,1H3,(H,22,24). The quantitative estimate of drug-likeness (QED) is 0.721. The number of benzene rings is 2. The topological polar surface area (TPSA) is 68.3 Å². The number of hydrogen-bond donors (Lipinski definition) is 1. The van der Waals surface area contributed by atoms with E-state index in [-0.39, 0.29) is 5.91 Å². The number of ether oxygens (including phenoxy) is 1. The molecule has 0 unspecified atom stereocenters. The third-order valence-corrected chi connectivity index (χ3v) is 4.54. The molecule has 3 aromatic rings. The minimum atomic E-state index is -0.405. The number of nitrogens with zero attached hydrogens (tertiary/aromatic N) is 1. The number of carbonyl (C=O) groups excluding carboxylic acids is 2. The van der Waals surface area contributed by atoms with Crippen molar-refractivity contribution in [2.75, 3.05) is 12.4 Å². The number of rotatable bonds is 4. The van der Waals surface area contributed by atoms with Gasteiger partial charge in [0.25, 0.3) is 5.91 Å². The number of amides is 1. The fourth-order valence-electron chi connectivity index (χ4n) is 2.98. The summed E-state index contributed by atoms with van der Waals surface area (Å²) in [5.74, 6) is -0.126. The van der Waals surface area contributed by atoms with E-state index in [2.05, 4.69) is 10.1 Å². The number of pyridine rings is 1. The van der Waals surface area contributed by atoms with Gasteiger partial charge in [-0.15, -0.1) is 0 Å². The van der Waals surface area contributed by atoms with Gasteiger partial charge in [0.05, 0.1) is 23.8 Å². The van der Waals surface area contributed by atoms with Crippen LogP contribution in [0.15, 0.2) is 54.6 Å². The summed E-state index contributed by atoms with van der Waals surface area (Å²) in [6, 6.07) is 16.2. The second kappa shape index (κ2) is 6.59. The van der Waals surface area contributed by atoms with Crippen LogP contribution >= 0.6 is 0 Å². The molecule has 0 radical (unpaired) electrons. The van der Waals surface area contributed by atoms with E-state index in [1.165, 1.54) is 7.11 Å². The zero-order valence-electron chi connectivity index (χ0n) is 14.4. The van der Waals surface area contributed by atoms with Gasteiger partial charge in [0, 0.05) is 22.7 Å². The van der Waals surface area contributed by atoms with Crippen LogP contribution in [0.4, 0.5) is 5.69 Å².